The highest BCUT2D eigenvalue weighted by Crippen LogP contribution is 2.40. The second kappa shape index (κ2) is 14.0. The van der Waals surface area contributed by atoms with Crippen molar-refractivity contribution in [3.63, 3.8) is 0 Å². The van der Waals surface area contributed by atoms with Crippen LogP contribution in [0.3, 0.4) is 0 Å². The zero-order valence-electron chi connectivity index (χ0n) is 22.0. The van der Waals surface area contributed by atoms with Crippen LogP contribution in [0.2, 0.25) is 0 Å². The summed E-state index contributed by atoms with van der Waals surface area (Å²) in [4.78, 5) is 18.8. The molecule has 1 saturated carbocycles. The van der Waals surface area contributed by atoms with Crippen molar-refractivity contribution in [3.8, 4) is 5.75 Å². The number of fused-ring (bicyclic) bond motifs is 1. The smallest absolute Gasteiger partial charge is 0.195 e. The number of aromatic nitrogens is 2. The van der Waals surface area contributed by atoms with Gasteiger partial charge in [0.1, 0.15) is 5.75 Å². The first-order valence-corrected chi connectivity index (χ1v) is 13.4. The van der Waals surface area contributed by atoms with Gasteiger partial charge in [-0.25, -0.2) is 4.98 Å². The van der Waals surface area contributed by atoms with Crippen LogP contribution in [0.1, 0.15) is 93.9 Å². The number of rotatable bonds is 13. The van der Waals surface area contributed by atoms with Crippen LogP contribution in [-0.2, 0) is 6.42 Å². The zero-order valence-corrected chi connectivity index (χ0v) is 22.0. The fourth-order valence-corrected chi connectivity index (χ4v) is 3.97. The molecule has 0 bridgehead atoms. The van der Waals surface area contributed by atoms with Crippen molar-refractivity contribution in [3.05, 3.63) is 59.4 Å². The first kappa shape index (κ1) is 26.9. The minimum absolute atomic E-state index is 0.0364. The Labute approximate surface area is 211 Å². The molecule has 2 aromatic carbocycles. The lowest BCUT2D eigenvalue weighted by Gasteiger charge is -2.08. The lowest BCUT2D eigenvalue weighted by atomic mass is 10.1. The number of benzene rings is 2. The van der Waals surface area contributed by atoms with Gasteiger partial charge in [-0.3, -0.25) is 4.79 Å². The van der Waals surface area contributed by atoms with Gasteiger partial charge >= 0.3 is 0 Å². The highest BCUT2D eigenvalue weighted by molar-refractivity contribution is 5.94. The maximum Gasteiger partial charge on any atom is 0.195 e. The maximum atomic E-state index is 11.4. The van der Waals surface area contributed by atoms with Crippen molar-refractivity contribution < 1.29 is 9.53 Å². The molecule has 3 aromatic rings. The standard InChI is InChI=1S/C22H24N2O2.C8H19N/c1-15(25)22-23-20-11-8-16(13-21(20)24-22)5-2-3-12-26-19-7-4-6-18(14-19)17-9-10-17;1-4-6-9-7-5-8(2)3/h4,6-8,11,13-14,17H,2-3,5,9-10,12H2,1H3,(H,23,24);8-9H,4-7H2,1-3H3. The molecular formula is C30H43N3O2. The normalized spacial score (nSPS) is 13.1. The maximum absolute atomic E-state index is 11.4. The van der Waals surface area contributed by atoms with Crippen molar-refractivity contribution in [2.24, 2.45) is 5.92 Å². The summed E-state index contributed by atoms with van der Waals surface area (Å²) in [5.74, 6) is 2.99. The van der Waals surface area contributed by atoms with Crippen molar-refractivity contribution in [2.45, 2.75) is 78.6 Å². The predicted octanol–water partition coefficient (Wildman–Crippen LogP) is 7.08. The average Bonchev–Trinajstić information content (AvgIpc) is 3.61. The Morgan fingerprint density at radius 1 is 1.14 bits per heavy atom. The van der Waals surface area contributed by atoms with E-state index in [1.807, 2.05) is 12.1 Å². The van der Waals surface area contributed by atoms with E-state index >= 15 is 0 Å². The molecule has 35 heavy (non-hydrogen) atoms. The second-order valence-corrected chi connectivity index (χ2v) is 10.1. The Hall–Kier alpha value is -2.66. The highest BCUT2D eigenvalue weighted by Gasteiger charge is 2.23. The highest BCUT2D eigenvalue weighted by atomic mass is 16.5. The van der Waals surface area contributed by atoms with Crippen molar-refractivity contribution in [1.82, 2.24) is 15.3 Å². The van der Waals surface area contributed by atoms with E-state index in [0.717, 1.165) is 54.5 Å². The first-order chi connectivity index (χ1) is 17.0. The number of ether oxygens (including phenoxy) is 1. The topological polar surface area (TPSA) is 67.0 Å². The molecule has 4 rings (SSSR count). The number of H-pyrrole nitrogens is 1. The molecule has 0 saturated heterocycles. The van der Waals surface area contributed by atoms with E-state index in [4.69, 9.17) is 4.74 Å². The number of aryl methyl sites for hydroxylation is 1. The average molecular weight is 478 g/mol. The molecule has 0 amide bonds. The summed E-state index contributed by atoms with van der Waals surface area (Å²) >= 11 is 0. The Kier molecular flexibility index (Phi) is 10.8. The number of ketones is 1. The molecule has 190 valence electrons. The van der Waals surface area contributed by atoms with E-state index in [1.165, 1.54) is 56.8 Å². The third kappa shape index (κ3) is 9.48. The van der Waals surface area contributed by atoms with E-state index in [-0.39, 0.29) is 5.78 Å². The van der Waals surface area contributed by atoms with Gasteiger partial charge in [0, 0.05) is 6.92 Å². The van der Waals surface area contributed by atoms with Gasteiger partial charge in [-0.05, 0) is 105 Å². The summed E-state index contributed by atoms with van der Waals surface area (Å²) < 4.78 is 5.91. The van der Waals surface area contributed by atoms with E-state index in [1.54, 1.807) is 0 Å². The van der Waals surface area contributed by atoms with Gasteiger partial charge in [-0.2, -0.15) is 0 Å². The largest absolute Gasteiger partial charge is 0.494 e. The lowest BCUT2D eigenvalue weighted by Crippen LogP contribution is -2.17. The monoisotopic (exact) mass is 477 g/mol. The number of Topliss-reactive ketones (excluding diaryl/α,β-unsaturated/α-hetero) is 1. The van der Waals surface area contributed by atoms with Crippen molar-refractivity contribution >= 4 is 16.8 Å². The Morgan fingerprint density at radius 3 is 2.69 bits per heavy atom. The molecule has 0 aliphatic heterocycles. The van der Waals surface area contributed by atoms with Gasteiger partial charge < -0.3 is 15.0 Å². The van der Waals surface area contributed by atoms with E-state index in [9.17, 15) is 4.79 Å². The first-order valence-electron chi connectivity index (χ1n) is 13.4. The van der Waals surface area contributed by atoms with Gasteiger partial charge in [0.2, 0.25) is 0 Å². The van der Waals surface area contributed by atoms with Crippen LogP contribution in [0.5, 0.6) is 5.75 Å². The Bertz CT molecular complexity index is 1050. The molecule has 0 atom stereocenters. The number of hydrogen-bond acceptors (Lipinski definition) is 4. The molecule has 1 heterocycles. The summed E-state index contributed by atoms with van der Waals surface area (Å²) in [7, 11) is 0. The van der Waals surface area contributed by atoms with Crippen LogP contribution in [0.4, 0.5) is 0 Å². The van der Waals surface area contributed by atoms with Gasteiger partial charge in [0.25, 0.3) is 0 Å². The number of carbonyl (C=O) groups is 1. The third-order valence-electron chi connectivity index (χ3n) is 6.24. The number of nitrogens with one attached hydrogen (secondary N) is 2. The number of nitrogens with zero attached hydrogens (tertiary/aromatic N) is 1. The SMILES string of the molecule is CC(=O)c1nc2ccc(CCCCOc3cccc(C4CC4)c3)cc2[nH]1.CCCNCCC(C)C. The molecule has 2 N–H and O–H groups in total. The van der Waals surface area contributed by atoms with Crippen LogP contribution in [0.15, 0.2) is 42.5 Å². The van der Waals surface area contributed by atoms with Crippen LogP contribution in [0.25, 0.3) is 11.0 Å². The second-order valence-electron chi connectivity index (χ2n) is 10.1. The number of unbranched alkanes of at least 4 members (excludes halogenated alkanes) is 1. The van der Waals surface area contributed by atoms with Crippen molar-refractivity contribution in [1.29, 1.82) is 0 Å². The van der Waals surface area contributed by atoms with Gasteiger partial charge in [-0.15, -0.1) is 0 Å². The molecule has 5 heteroatoms. The van der Waals surface area contributed by atoms with Crippen LogP contribution in [-0.4, -0.2) is 35.4 Å². The molecule has 0 spiro atoms. The summed E-state index contributed by atoms with van der Waals surface area (Å²) in [6.07, 6.45) is 8.28. The van der Waals surface area contributed by atoms with E-state index in [2.05, 4.69) is 66.4 Å². The summed E-state index contributed by atoms with van der Waals surface area (Å²) in [5, 5.41) is 3.37. The number of aromatic amines is 1. The molecule has 0 radical (unpaired) electrons. The molecule has 1 aliphatic carbocycles. The van der Waals surface area contributed by atoms with Crippen LogP contribution in [0, 0.1) is 5.92 Å². The van der Waals surface area contributed by atoms with E-state index in [0.29, 0.717) is 5.82 Å². The molecule has 1 aliphatic rings. The van der Waals surface area contributed by atoms with Crippen molar-refractivity contribution in [2.75, 3.05) is 19.7 Å². The van der Waals surface area contributed by atoms with E-state index < -0.39 is 0 Å². The molecule has 5 nitrogen and oxygen atoms in total. The van der Waals surface area contributed by atoms with Gasteiger partial charge in [0.05, 0.1) is 17.6 Å². The summed E-state index contributed by atoms with van der Waals surface area (Å²) in [6, 6.07) is 14.7. The summed E-state index contributed by atoms with van der Waals surface area (Å²) in [5.41, 5.74) is 4.45. The molecule has 1 fully saturated rings. The van der Waals surface area contributed by atoms with Crippen LogP contribution >= 0.6 is 0 Å². The quantitative estimate of drug-likeness (QED) is 0.204. The third-order valence-corrected chi connectivity index (χ3v) is 6.24. The minimum Gasteiger partial charge on any atom is -0.494 e. The fourth-order valence-electron chi connectivity index (χ4n) is 3.97. The number of imidazole rings is 1. The number of carbonyl (C=O) groups excluding carboxylic acids is 1. The zero-order chi connectivity index (χ0) is 25.0. The molecule has 0 unspecified atom stereocenters. The fraction of sp³-hybridized carbons (Fsp3) is 0.533. The summed E-state index contributed by atoms with van der Waals surface area (Å²) in [6.45, 7) is 11.3. The van der Waals surface area contributed by atoms with Gasteiger partial charge in [-0.1, -0.05) is 39.0 Å². The molecule has 1 aromatic heterocycles. The predicted molar refractivity (Wildman–Crippen MR) is 146 cm³/mol. The lowest BCUT2D eigenvalue weighted by molar-refractivity contribution is 0.100. The molecular weight excluding hydrogens is 434 g/mol. The van der Waals surface area contributed by atoms with Crippen LogP contribution < -0.4 is 10.1 Å². The minimum atomic E-state index is -0.0364. The Balaban J connectivity index is 0.000000327. The van der Waals surface area contributed by atoms with Gasteiger partial charge in [0.15, 0.2) is 11.6 Å². The Morgan fingerprint density at radius 2 is 1.97 bits per heavy atom. The number of hydrogen-bond donors (Lipinski definition) is 2.